The fraction of sp³-hybridized carbons (Fsp3) is 1.00. The number of hydrogen-bond acceptors (Lipinski definition) is 3. The molecule has 0 amide bonds. The van der Waals surface area contributed by atoms with Crippen LogP contribution < -0.4 is 10.0 Å². The fourth-order valence-corrected chi connectivity index (χ4v) is 3.76. The molecule has 0 aromatic carbocycles. The van der Waals surface area contributed by atoms with Crippen molar-refractivity contribution >= 4 is 10.2 Å². The quantitative estimate of drug-likeness (QED) is 0.732. The second-order valence-electron chi connectivity index (χ2n) is 5.21. The summed E-state index contributed by atoms with van der Waals surface area (Å²) < 4.78 is 28.6. The summed E-state index contributed by atoms with van der Waals surface area (Å²) in [6, 6.07) is 0.280. The van der Waals surface area contributed by atoms with Gasteiger partial charge in [0.25, 0.3) is 10.2 Å². The zero-order valence-electron chi connectivity index (χ0n) is 11.8. The summed E-state index contributed by atoms with van der Waals surface area (Å²) in [6.45, 7) is 7.88. The molecule has 5 nitrogen and oxygen atoms in total. The Morgan fingerprint density at radius 1 is 1.39 bits per heavy atom. The van der Waals surface area contributed by atoms with Gasteiger partial charge in [-0.1, -0.05) is 13.3 Å². The van der Waals surface area contributed by atoms with Crippen molar-refractivity contribution in [2.24, 2.45) is 0 Å². The van der Waals surface area contributed by atoms with Gasteiger partial charge in [-0.2, -0.15) is 12.7 Å². The molecule has 1 aliphatic rings. The molecule has 1 saturated heterocycles. The molecule has 0 saturated carbocycles. The maximum absolute atomic E-state index is 12.2. The van der Waals surface area contributed by atoms with E-state index in [0.717, 1.165) is 19.4 Å². The van der Waals surface area contributed by atoms with E-state index in [-0.39, 0.29) is 6.04 Å². The molecular formula is C12H27N3O2S. The lowest BCUT2D eigenvalue weighted by molar-refractivity contribution is 0.279. The monoisotopic (exact) mass is 277 g/mol. The van der Waals surface area contributed by atoms with Crippen LogP contribution >= 0.6 is 0 Å². The van der Waals surface area contributed by atoms with Crippen molar-refractivity contribution in [3.05, 3.63) is 0 Å². The number of rotatable bonds is 7. The highest BCUT2D eigenvalue weighted by atomic mass is 32.2. The van der Waals surface area contributed by atoms with Crippen LogP contribution in [0.4, 0.5) is 0 Å². The highest BCUT2D eigenvalue weighted by Crippen LogP contribution is 2.12. The lowest BCUT2D eigenvalue weighted by Crippen LogP contribution is -2.51. The Hall–Kier alpha value is -0.170. The van der Waals surface area contributed by atoms with Gasteiger partial charge in [0.2, 0.25) is 0 Å². The van der Waals surface area contributed by atoms with Crippen molar-refractivity contribution in [2.45, 2.75) is 58.5 Å². The summed E-state index contributed by atoms with van der Waals surface area (Å²) in [6.07, 6.45) is 4.25. The van der Waals surface area contributed by atoms with Gasteiger partial charge < -0.3 is 5.32 Å². The molecule has 6 heteroatoms. The summed E-state index contributed by atoms with van der Waals surface area (Å²) in [5.74, 6) is 0. The van der Waals surface area contributed by atoms with Crippen molar-refractivity contribution in [1.82, 2.24) is 14.3 Å². The minimum atomic E-state index is -3.34. The summed E-state index contributed by atoms with van der Waals surface area (Å²) in [5.41, 5.74) is 0. The molecule has 0 aliphatic carbocycles. The van der Waals surface area contributed by atoms with Gasteiger partial charge >= 0.3 is 0 Å². The molecule has 1 fully saturated rings. The van der Waals surface area contributed by atoms with Crippen LogP contribution in [0, 0.1) is 0 Å². The smallest absolute Gasteiger partial charge is 0.279 e. The standard InChI is InChI=1S/C12H27N3O2S/c1-4-8-14-18(16,17)15(11(2)3)10-12-7-5-6-9-13-12/h11-14H,4-10H2,1-3H3. The van der Waals surface area contributed by atoms with Crippen LogP contribution in [-0.2, 0) is 10.2 Å². The lowest BCUT2D eigenvalue weighted by Gasteiger charge is -2.32. The Balaban J connectivity index is 2.63. The molecule has 108 valence electrons. The van der Waals surface area contributed by atoms with Gasteiger partial charge in [-0.25, -0.2) is 4.72 Å². The van der Waals surface area contributed by atoms with Crippen molar-refractivity contribution in [3.63, 3.8) is 0 Å². The van der Waals surface area contributed by atoms with Gasteiger partial charge in [-0.3, -0.25) is 0 Å². The molecule has 0 spiro atoms. The molecular weight excluding hydrogens is 250 g/mol. The third-order valence-electron chi connectivity index (χ3n) is 3.23. The van der Waals surface area contributed by atoms with Crippen LogP contribution in [0.5, 0.6) is 0 Å². The van der Waals surface area contributed by atoms with Crippen LogP contribution in [0.3, 0.4) is 0 Å². The number of piperidine rings is 1. The van der Waals surface area contributed by atoms with E-state index in [1.807, 2.05) is 20.8 Å². The van der Waals surface area contributed by atoms with E-state index in [4.69, 9.17) is 0 Å². The minimum absolute atomic E-state index is 0.0110. The molecule has 0 bridgehead atoms. The van der Waals surface area contributed by atoms with E-state index < -0.39 is 10.2 Å². The van der Waals surface area contributed by atoms with Gasteiger partial charge in [0.05, 0.1) is 0 Å². The maximum Gasteiger partial charge on any atom is 0.279 e. The highest BCUT2D eigenvalue weighted by Gasteiger charge is 2.27. The van der Waals surface area contributed by atoms with E-state index in [2.05, 4.69) is 10.0 Å². The molecule has 0 radical (unpaired) electrons. The van der Waals surface area contributed by atoms with Crippen molar-refractivity contribution in [3.8, 4) is 0 Å². The zero-order chi connectivity index (χ0) is 13.6. The van der Waals surface area contributed by atoms with Crippen LogP contribution in [0.15, 0.2) is 0 Å². The predicted molar refractivity (Wildman–Crippen MR) is 74.7 cm³/mol. The van der Waals surface area contributed by atoms with Crippen molar-refractivity contribution in [2.75, 3.05) is 19.6 Å². The Labute approximate surface area is 112 Å². The zero-order valence-corrected chi connectivity index (χ0v) is 12.6. The van der Waals surface area contributed by atoms with E-state index in [0.29, 0.717) is 19.1 Å². The first-order valence-corrected chi connectivity index (χ1v) is 8.41. The topological polar surface area (TPSA) is 61.4 Å². The van der Waals surface area contributed by atoms with Gasteiger partial charge in [0.1, 0.15) is 0 Å². The molecule has 2 N–H and O–H groups in total. The van der Waals surface area contributed by atoms with E-state index >= 15 is 0 Å². The van der Waals surface area contributed by atoms with Gasteiger partial charge in [0.15, 0.2) is 0 Å². The third kappa shape index (κ3) is 4.84. The van der Waals surface area contributed by atoms with Crippen LogP contribution in [0.1, 0.15) is 46.5 Å². The molecule has 18 heavy (non-hydrogen) atoms. The first-order valence-electron chi connectivity index (χ1n) is 6.97. The maximum atomic E-state index is 12.2. The minimum Gasteiger partial charge on any atom is -0.313 e. The predicted octanol–water partition coefficient (Wildman–Crippen LogP) is 1.08. The van der Waals surface area contributed by atoms with E-state index in [1.165, 1.54) is 12.8 Å². The Morgan fingerprint density at radius 3 is 2.61 bits per heavy atom. The van der Waals surface area contributed by atoms with E-state index in [1.54, 1.807) is 4.31 Å². The fourth-order valence-electron chi connectivity index (χ4n) is 2.20. The van der Waals surface area contributed by atoms with Gasteiger partial charge in [-0.05, 0) is 39.7 Å². The average Bonchev–Trinajstić information content (AvgIpc) is 2.34. The third-order valence-corrected chi connectivity index (χ3v) is 4.99. The normalized spacial score (nSPS) is 21.7. The molecule has 1 heterocycles. The number of hydrogen-bond donors (Lipinski definition) is 2. The molecule has 0 aromatic heterocycles. The molecule has 1 rings (SSSR count). The summed E-state index contributed by atoms with van der Waals surface area (Å²) in [5, 5.41) is 3.40. The Kier molecular flexibility index (Phi) is 6.55. The number of nitrogens with one attached hydrogen (secondary N) is 2. The lowest BCUT2D eigenvalue weighted by atomic mass is 10.1. The van der Waals surface area contributed by atoms with Crippen molar-refractivity contribution < 1.29 is 8.42 Å². The average molecular weight is 277 g/mol. The highest BCUT2D eigenvalue weighted by molar-refractivity contribution is 7.87. The Bertz CT molecular complexity index is 324. The second-order valence-corrected chi connectivity index (χ2v) is 6.92. The summed E-state index contributed by atoms with van der Waals surface area (Å²) in [7, 11) is -3.34. The van der Waals surface area contributed by atoms with Gasteiger partial charge in [-0.15, -0.1) is 0 Å². The molecule has 0 aromatic rings. The molecule has 1 unspecified atom stereocenters. The molecule has 1 atom stereocenters. The Morgan fingerprint density at radius 2 is 2.11 bits per heavy atom. The second kappa shape index (κ2) is 7.43. The first kappa shape index (κ1) is 15.9. The SMILES string of the molecule is CCCNS(=O)(=O)N(CC1CCCCN1)C(C)C. The number of nitrogens with zero attached hydrogens (tertiary/aromatic N) is 1. The van der Waals surface area contributed by atoms with Gasteiger partial charge in [0, 0.05) is 25.2 Å². The van der Waals surface area contributed by atoms with Crippen LogP contribution in [0.25, 0.3) is 0 Å². The molecule has 1 aliphatic heterocycles. The largest absolute Gasteiger partial charge is 0.313 e. The van der Waals surface area contributed by atoms with Crippen LogP contribution in [0.2, 0.25) is 0 Å². The van der Waals surface area contributed by atoms with Crippen LogP contribution in [-0.4, -0.2) is 44.4 Å². The first-order chi connectivity index (χ1) is 8.47. The summed E-state index contributed by atoms with van der Waals surface area (Å²) >= 11 is 0. The van der Waals surface area contributed by atoms with E-state index in [9.17, 15) is 8.42 Å². The summed E-state index contributed by atoms with van der Waals surface area (Å²) in [4.78, 5) is 0. The van der Waals surface area contributed by atoms with Crippen molar-refractivity contribution in [1.29, 1.82) is 0 Å².